The molecule has 2 atom stereocenters. The van der Waals surface area contributed by atoms with Gasteiger partial charge in [-0.25, -0.2) is 0 Å². The molecular formula is C17H33NO. The Morgan fingerprint density at radius 2 is 1.68 bits per heavy atom. The smallest absolute Gasteiger partial charge is 0.0771 e. The topological polar surface area (TPSA) is 32.3 Å². The highest BCUT2D eigenvalue weighted by atomic mass is 16.3. The van der Waals surface area contributed by atoms with Crippen LogP contribution in [0.4, 0.5) is 0 Å². The van der Waals surface area contributed by atoms with Crippen molar-refractivity contribution in [3.63, 3.8) is 0 Å². The van der Waals surface area contributed by atoms with Crippen LogP contribution in [0.5, 0.6) is 0 Å². The number of hydrogen-bond donors (Lipinski definition) is 2. The van der Waals surface area contributed by atoms with Gasteiger partial charge in [-0.15, -0.1) is 0 Å². The second kappa shape index (κ2) is 7.08. The summed E-state index contributed by atoms with van der Waals surface area (Å²) in [4.78, 5) is 0. The first-order chi connectivity index (χ1) is 9.15. The molecule has 2 aliphatic carbocycles. The largest absolute Gasteiger partial charge is 0.389 e. The van der Waals surface area contributed by atoms with E-state index >= 15 is 0 Å². The Morgan fingerprint density at radius 1 is 1.00 bits per heavy atom. The summed E-state index contributed by atoms with van der Waals surface area (Å²) in [5, 5.41) is 14.4. The predicted molar refractivity (Wildman–Crippen MR) is 81.2 cm³/mol. The van der Waals surface area contributed by atoms with E-state index in [0.717, 1.165) is 31.2 Å². The SMILES string of the molecule is CCC1CCC(O)(CNC2CCCC(CC)C2)CC1. The minimum atomic E-state index is -0.412. The van der Waals surface area contributed by atoms with Crippen molar-refractivity contribution in [2.45, 2.75) is 89.7 Å². The van der Waals surface area contributed by atoms with Crippen LogP contribution in [0.3, 0.4) is 0 Å². The van der Waals surface area contributed by atoms with E-state index in [1.165, 1.54) is 51.4 Å². The van der Waals surface area contributed by atoms with Crippen LogP contribution in [-0.4, -0.2) is 23.3 Å². The Hall–Kier alpha value is -0.0800. The van der Waals surface area contributed by atoms with Crippen LogP contribution in [0.1, 0.15) is 78.1 Å². The Kier molecular flexibility index (Phi) is 5.70. The van der Waals surface area contributed by atoms with E-state index in [4.69, 9.17) is 0 Å². The number of aliphatic hydroxyl groups is 1. The van der Waals surface area contributed by atoms with E-state index < -0.39 is 5.60 Å². The van der Waals surface area contributed by atoms with Gasteiger partial charge in [0, 0.05) is 12.6 Å². The molecule has 2 saturated carbocycles. The van der Waals surface area contributed by atoms with Crippen molar-refractivity contribution in [3.8, 4) is 0 Å². The van der Waals surface area contributed by atoms with E-state index in [1.807, 2.05) is 0 Å². The van der Waals surface area contributed by atoms with E-state index in [-0.39, 0.29) is 0 Å². The van der Waals surface area contributed by atoms with Crippen LogP contribution in [0.2, 0.25) is 0 Å². The second-order valence-electron chi connectivity index (χ2n) is 7.09. The summed E-state index contributed by atoms with van der Waals surface area (Å²) in [6.45, 7) is 5.41. The van der Waals surface area contributed by atoms with Gasteiger partial charge in [-0.2, -0.15) is 0 Å². The molecule has 0 bridgehead atoms. The fourth-order valence-corrected chi connectivity index (χ4v) is 3.98. The third-order valence-electron chi connectivity index (χ3n) is 5.69. The highest BCUT2D eigenvalue weighted by Crippen LogP contribution is 2.34. The molecule has 19 heavy (non-hydrogen) atoms. The Bertz CT molecular complexity index is 258. The molecule has 112 valence electrons. The summed E-state index contributed by atoms with van der Waals surface area (Å²) in [5.74, 6) is 1.77. The molecule has 0 radical (unpaired) electrons. The molecule has 2 aliphatic rings. The number of nitrogens with one attached hydrogen (secondary N) is 1. The molecular weight excluding hydrogens is 234 g/mol. The molecule has 2 nitrogen and oxygen atoms in total. The first kappa shape index (κ1) is 15.3. The lowest BCUT2D eigenvalue weighted by Crippen LogP contribution is -2.47. The molecule has 0 spiro atoms. The van der Waals surface area contributed by atoms with Gasteiger partial charge in [0.25, 0.3) is 0 Å². The zero-order valence-corrected chi connectivity index (χ0v) is 13.0. The Labute approximate surface area is 119 Å². The van der Waals surface area contributed by atoms with Crippen molar-refractivity contribution in [2.24, 2.45) is 11.8 Å². The average Bonchev–Trinajstić information content (AvgIpc) is 2.46. The molecule has 2 rings (SSSR count). The van der Waals surface area contributed by atoms with Crippen LogP contribution in [0.25, 0.3) is 0 Å². The Balaban J connectivity index is 1.72. The maximum atomic E-state index is 10.7. The van der Waals surface area contributed by atoms with Gasteiger partial charge in [0.1, 0.15) is 0 Å². The zero-order chi connectivity index (χ0) is 13.7. The molecule has 0 aliphatic heterocycles. The van der Waals surface area contributed by atoms with Gasteiger partial charge >= 0.3 is 0 Å². The van der Waals surface area contributed by atoms with Crippen LogP contribution >= 0.6 is 0 Å². The molecule has 0 heterocycles. The first-order valence-corrected chi connectivity index (χ1v) is 8.61. The molecule has 2 heteroatoms. The monoisotopic (exact) mass is 267 g/mol. The first-order valence-electron chi connectivity index (χ1n) is 8.61. The van der Waals surface area contributed by atoms with Crippen LogP contribution in [0.15, 0.2) is 0 Å². The molecule has 2 unspecified atom stereocenters. The maximum absolute atomic E-state index is 10.7. The average molecular weight is 267 g/mol. The molecule has 0 aromatic carbocycles. The molecule has 2 N–H and O–H groups in total. The molecule has 0 aromatic heterocycles. The summed E-state index contributed by atoms with van der Waals surface area (Å²) < 4.78 is 0. The maximum Gasteiger partial charge on any atom is 0.0771 e. The minimum absolute atomic E-state index is 0.412. The number of rotatable bonds is 5. The zero-order valence-electron chi connectivity index (χ0n) is 13.0. The summed E-state index contributed by atoms with van der Waals surface area (Å²) in [6, 6.07) is 0.659. The van der Waals surface area contributed by atoms with Crippen molar-refractivity contribution in [3.05, 3.63) is 0 Å². The lowest BCUT2D eigenvalue weighted by atomic mass is 9.77. The van der Waals surface area contributed by atoms with Gasteiger partial charge in [-0.3, -0.25) is 0 Å². The van der Waals surface area contributed by atoms with Crippen molar-refractivity contribution in [1.29, 1.82) is 0 Å². The summed E-state index contributed by atoms with van der Waals surface area (Å²) in [6.07, 6.45) is 12.5. The number of hydrogen-bond acceptors (Lipinski definition) is 2. The van der Waals surface area contributed by atoms with Gasteiger partial charge in [0.2, 0.25) is 0 Å². The third-order valence-corrected chi connectivity index (χ3v) is 5.69. The molecule has 2 fully saturated rings. The summed E-state index contributed by atoms with van der Waals surface area (Å²) in [7, 11) is 0. The highest BCUT2D eigenvalue weighted by Gasteiger charge is 2.33. The van der Waals surface area contributed by atoms with Gasteiger partial charge in [-0.1, -0.05) is 39.5 Å². The van der Waals surface area contributed by atoms with Crippen molar-refractivity contribution < 1.29 is 5.11 Å². The van der Waals surface area contributed by atoms with Gasteiger partial charge in [0.15, 0.2) is 0 Å². The van der Waals surface area contributed by atoms with Crippen molar-refractivity contribution in [1.82, 2.24) is 5.32 Å². The fraction of sp³-hybridized carbons (Fsp3) is 1.00. The molecule has 0 saturated heterocycles. The normalized spacial score (nSPS) is 40.3. The van der Waals surface area contributed by atoms with E-state index in [0.29, 0.717) is 6.04 Å². The minimum Gasteiger partial charge on any atom is -0.389 e. The second-order valence-corrected chi connectivity index (χ2v) is 7.09. The van der Waals surface area contributed by atoms with E-state index in [9.17, 15) is 5.11 Å². The van der Waals surface area contributed by atoms with Gasteiger partial charge in [0.05, 0.1) is 5.60 Å². The van der Waals surface area contributed by atoms with Crippen LogP contribution in [0, 0.1) is 11.8 Å². The van der Waals surface area contributed by atoms with E-state index in [2.05, 4.69) is 19.2 Å². The summed E-state index contributed by atoms with van der Waals surface area (Å²) >= 11 is 0. The lowest BCUT2D eigenvalue weighted by Gasteiger charge is -2.38. The molecule has 0 amide bonds. The van der Waals surface area contributed by atoms with Gasteiger partial charge in [-0.05, 0) is 50.4 Å². The fourth-order valence-electron chi connectivity index (χ4n) is 3.98. The quantitative estimate of drug-likeness (QED) is 0.792. The third kappa shape index (κ3) is 4.46. The lowest BCUT2D eigenvalue weighted by molar-refractivity contribution is -0.0120. The van der Waals surface area contributed by atoms with Crippen molar-refractivity contribution >= 4 is 0 Å². The summed E-state index contributed by atoms with van der Waals surface area (Å²) in [5.41, 5.74) is -0.412. The van der Waals surface area contributed by atoms with Crippen LogP contribution in [-0.2, 0) is 0 Å². The van der Waals surface area contributed by atoms with Crippen LogP contribution < -0.4 is 5.32 Å². The van der Waals surface area contributed by atoms with E-state index in [1.54, 1.807) is 0 Å². The highest BCUT2D eigenvalue weighted by molar-refractivity contribution is 4.89. The predicted octanol–water partition coefficient (Wildman–Crippen LogP) is 3.88. The molecule has 0 aromatic rings. The van der Waals surface area contributed by atoms with Crippen molar-refractivity contribution in [2.75, 3.05) is 6.54 Å². The standard InChI is InChI=1S/C17H33NO/c1-3-14-8-10-17(19,11-9-14)13-18-16-7-5-6-15(4-2)12-16/h14-16,18-19H,3-13H2,1-2H3. The Morgan fingerprint density at radius 3 is 2.32 bits per heavy atom. The van der Waals surface area contributed by atoms with Gasteiger partial charge < -0.3 is 10.4 Å².